The van der Waals surface area contributed by atoms with Crippen molar-refractivity contribution in [3.05, 3.63) is 68.2 Å². The third-order valence-corrected chi connectivity index (χ3v) is 7.45. The van der Waals surface area contributed by atoms with Gasteiger partial charge in [-0.1, -0.05) is 61.2 Å². The highest BCUT2D eigenvalue weighted by Crippen LogP contribution is 2.38. The number of halogens is 1. The lowest BCUT2D eigenvalue weighted by Gasteiger charge is -2.33. The fourth-order valence-electron chi connectivity index (χ4n) is 4.99. The Labute approximate surface area is 219 Å². The zero-order valence-electron chi connectivity index (χ0n) is 20.6. The van der Waals surface area contributed by atoms with Gasteiger partial charge in [0.1, 0.15) is 11.8 Å². The number of carbonyl (C=O) groups is 2. The summed E-state index contributed by atoms with van der Waals surface area (Å²) in [6.45, 7) is 4.13. The van der Waals surface area contributed by atoms with E-state index in [1.54, 1.807) is 17.0 Å². The fourth-order valence-corrected chi connectivity index (χ4v) is 5.37. The summed E-state index contributed by atoms with van der Waals surface area (Å²) in [4.78, 5) is 39.8. The van der Waals surface area contributed by atoms with Gasteiger partial charge in [-0.3, -0.25) is 19.7 Å². The zero-order chi connectivity index (χ0) is 25.8. The molecule has 0 spiro atoms. The minimum atomic E-state index is -0.839. The van der Waals surface area contributed by atoms with Crippen LogP contribution in [-0.2, 0) is 16.0 Å². The topological polar surface area (TPSA) is 102 Å². The molecular weight excluding hydrogens is 526 g/mol. The summed E-state index contributed by atoms with van der Waals surface area (Å²) in [5.41, 5.74) is 1.51. The van der Waals surface area contributed by atoms with E-state index in [-0.39, 0.29) is 36.0 Å². The number of nitro groups is 1. The largest absolute Gasteiger partial charge is 0.480 e. The molecule has 4 rings (SSSR count). The Balaban J connectivity index is 1.68. The van der Waals surface area contributed by atoms with Gasteiger partial charge in [-0.25, -0.2) is 0 Å². The summed E-state index contributed by atoms with van der Waals surface area (Å²) in [6.07, 6.45) is 4.94. The third-order valence-electron chi connectivity index (χ3n) is 6.95. The van der Waals surface area contributed by atoms with Crippen molar-refractivity contribution in [2.75, 3.05) is 6.54 Å². The number of nitro benzene ring substituents is 1. The standard InChI is InChI=1S/C27H32BrN3O5/c1-17(2)25-27(33)30(15-14-18-8-11-21(12-9-18)31(34)35)24(22-16-19(28)10-13-23(22)36-25)26(32)29-20-6-4-3-5-7-20/h8-13,16-17,20,24-25H,3-7,14-15H2,1-2H3,(H,29,32). The molecule has 0 radical (unpaired) electrons. The second-order valence-corrected chi connectivity index (χ2v) is 10.8. The van der Waals surface area contributed by atoms with Crippen LogP contribution in [0.25, 0.3) is 0 Å². The Morgan fingerprint density at radius 2 is 1.86 bits per heavy atom. The molecule has 36 heavy (non-hydrogen) atoms. The average molecular weight is 558 g/mol. The molecule has 1 heterocycles. The highest BCUT2D eigenvalue weighted by atomic mass is 79.9. The van der Waals surface area contributed by atoms with Crippen LogP contribution in [0.4, 0.5) is 5.69 Å². The van der Waals surface area contributed by atoms with E-state index in [4.69, 9.17) is 4.74 Å². The minimum absolute atomic E-state index is 0.0152. The highest BCUT2D eigenvalue weighted by molar-refractivity contribution is 9.10. The number of ether oxygens (including phenoxy) is 1. The number of benzene rings is 2. The molecule has 8 nitrogen and oxygen atoms in total. The van der Waals surface area contributed by atoms with Crippen molar-refractivity contribution in [1.82, 2.24) is 10.2 Å². The van der Waals surface area contributed by atoms with Gasteiger partial charge in [0.15, 0.2) is 6.10 Å². The van der Waals surface area contributed by atoms with E-state index >= 15 is 0 Å². The van der Waals surface area contributed by atoms with Crippen LogP contribution < -0.4 is 10.1 Å². The number of non-ortho nitro benzene ring substituents is 1. The Hall–Kier alpha value is -2.94. The Kier molecular flexibility index (Phi) is 8.28. The molecule has 0 aromatic heterocycles. The van der Waals surface area contributed by atoms with Crippen molar-refractivity contribution in [1.29, 1.82) is 0 Å². The molecule has 9 heteroatoms. The number of rotatable bonds is 7. The number of carbonyl (C=O) groups excluding carboxylic acids is 2. The molecule has 1 N–H and O–H groups in total. The minimum Gasteiger partial charge on any atom is -0.480 e. The van der Waals surface area contributed by atoms with E-state index in [1.807, 2.05) is 32.0 Å². The zero-order valence-corrected chi connectivity index (χ0v) is 22.2. The lowest BCUT2D eigenvalue weighted by atomic mass is 9.94. The normalized spacial score (nSPS) is 20.4. The van der Waals surface area contributed by atoms with E-state index < -0.39 is 17.1 Å². The molecule has 1 aliphatic carbocycles. The number of nitrogens with zero attached hydrogens (tertiary/aromatic N) is 2. The number of fused-ring (bicyclic) bond motifs is 1. The number of hydrogen-bond acceptors (Lipinski definition) is 5. The maximum absolute atomic E-state index is 13.8. The smallest absolute Gasteiger partial charge is 0.269 e. The Morgan fingerprint density at radius 3 is 2.50 bits per heavy atom. The SMILES string of the molecule is CC(C)C1Oc2ccc(Br)cc2C(C(=O)NC2CCCCC2)N(CCc2ccc([N+](=O)[O-])cc2)C1=O. The predicted octanol–water partition coefficient (Wildman–Crippen LogP) is 5.34. The van der Waals surface area contributed by atoms with Gasteiger partial charge in [0.05, 0.1) is 4.92 Å². The average Bonchev–Trinajstić information content (AvgIpc) is 2.97. The first-order valence-corrected chi connectivity index (χ1v) is 13.3. The second kappa shape index (κ2) is 11.4. The summed E-state index contributed by atoms with van der Waals surface area (Å²) < 4.78 is 7.01. The van der Waals surface area contributed by atoms with Crippen LogP contribution in [0.5, 0.6) is 5.75 Å². The van der Waals surface area contributed by atoms with Crippen molar-refractivity contribution >= 4 is 33.4 Å². The van der Waals surface area contributed by atoms with Crippen molar-refractivity contribution in [3.63, 3.8) is 0 Å². The summed E-state index contributed by atoms with van der Waals surface area (Å²) in [6, 6.07) is 11.1. The van der Waals surface area contributed by atoms with Gasteiger partial charge in [0.25, 0.3) is 11.6 Å². The quantitative estimate of drug-likeness (QED) is 0.366. The van der Waals surface area contributed by atoms with Gasteiger partial charge in [0.2, 0.25) is 5.91 Å². The molecule has 0 bridgehead atoms. The highest BCUT2D eigenvalue weighted by Gasteiger charge is 2.42. The van der Waals surface area contributed by atoms with E-state index in [0.29, 0.717) is 17.7 Å². The van der Waals surface area contributed by atoms with Crippen molar-refractivity contribution in [2.24, 2.45) is 5.92 Å². The van der Waals surface area contributed by atoms with Crippen molar-refractivity contribution in [2.45, 2.75) is 70.6 Å². The molecule has 2 aliphatic rings. The van der Waals surface area contributed by atoms with E-state index in [9.17, 15) is 19.7 Å². The second-order valence-electron chi connectivity index (χ2n) is 9.92. The van der Waals surface area contributed by atoms with Crippen LogP contribution in [-0.4, -0.2) is 40.3 Å². The van der Waals surface area contributed by atoms with Gasteiger partial charge < -0.3 is 15.0 Å². The molecule has 2 unspecified atom stereocenters. The molecule has 1 aliphatic heterocycles. The summed E-state index contributed by atoms with van der Waals surface area (Å²) >= 11 is 3.52. The Morgan fingerprint density at radius 1 is 1.17 bits per heavy atom. The van der Waals surface area contributed by atoms with Crippen LogP contribution in [0.2, 0.25) is 0 Å². The van der Waals surface area contributed by atoms with Crippen molar-refractivity contribution < 1.29 is 19.2 Å². The predicted molar refractivity (Wildman–Crippen MR) is 140 cm³/mol. The first-order valence-electron chi connectivity index (χ1n) is 12.5. The lowest BCUT2D eigenvalue weighted by molar-refractivity contribution is -0.384. The summed E-state index contributed by atoms with van der Waals surface area (Å²) in [5, 5.41) is 14.2. The van der Waals surface area contributed by atoms with Crippen molar-refractivity contribution in [3.8, 4) is 5.75 Å². The Bertz CT molecular complexity index is 1110. The molecule has 2 aromatic carbocycles. The maximum Gasteiger partial charge on any atom is 0.269 e. The lowest BCUT2D eigenvalue weighted by Crippen LogP contribution is -2.50. The molecule has 1 saturated carbocycles. The number of nitrogens with one attached hydrogen (secondary N) is 1. The molecular formula is C27H32BrN3O5. The molecule has 2 atom stereocenters. The summed E-state index contributed by atoms with van der Waals surface area (Å²) in [7, 11) is 0. The molecule has 2 amide bonds. The van der Waals surface area contributed by atoms with Gasteiger partial charge >= 0.3 is 0 Å². The van der Waals surface area contributed by atoms with Gasteiger partial charge in [-0.05, 0) is 48.9 Å². The van der Waals surface area contributed by atoms with E-state index in [0.717, 1.165) is 35.7 Å². The molecule has 0 saturated heterocycles. The van der Waals surface area contributed by atoms with E-state index in [2.05, 4.69) is 21.2 Å². The van der Waals surface area contributed by atoms with E-state index in [1.165, 1.54) is 18.6 Å². The van der Waals surface area contributed by atoms with Crippen LogP contribution in [0, 0.1) is 16.0 Å². The van der Waals surface area contributed by atoms with Crippen LogP contribution in [0.15, 0.2) is 46.9 Å². The van der Waals surface area contributed by atoms with Crippen LogP contribution in [0.1, 0.15) is 63.1 Å². The molecule has 1 fully saturated rings. The van der Waals surface area contributed by atoms with Crippen LogP contribution in [0.3, 0.4) is 0 Å². The monoisotopic (exact) mass is 557 g/mol. The number of hydrogen-bond donors (Lipinski definition) is 1. The maximum atomic E-state index is 13.8. The molecule has 2 aromatic rings. The fraction of sp³-hybridized carbons (Fsp3) is 0.481. The summed E-state index contributed by atoms with van der Waals surface area (Å²) in [5.74, 6) is -0.00255. The number of amides is 2. The van der Waals surface area contributed by atoms with Crippen LogP contribution >= 0.6 is 15.9 Å². The molecule has 192 valence electrons. The van der Waals surface area contributed by atoms with Gasteiger partial charge in [0, 0.05) is 34.8 Å². The van der Waals surface area contributed by atoms with Gasteiger partial charge in [-0.15, -0.1) is 0 Å². The van der Waals surface area contributed by atoms with Gasteiger partial charge in [-0.2, -0.15) is 0 Å². The first kappa shape index (κ1) is 26.1. The first-order chi connectivity index (χ1) is 17.2. The third kappa shape index (κ3) is 5.88.